The molecule has 4 rings (SSSR count). The van der Waals surface area contributed by atoms with Crippen LogP contribution in [0.25, 0.3) is 5.57 Å². The zero-order chi connectivity index (χ0) is 24.4. The van der Waals surface area contributed by atoms with Crippen molar-refractivity contribution in [1.29, 1.82) is 0 Å². The van der Waals surface area contributed by atoms with E-state index in [4.69, 9.17) is 4.74 Å². The number of nitrogens with one attached hydrogen (secondary N) is 1. The fourth-order valence-corrected chi connectivity index (χ4v) is 3.48. The first-order chi connectivity index (χ1) is 16.3. The van der Waals surface area contributed by atoms with Gasteiger partial charge in [-0.3, -0.25) is 19.7 Å². The normalized spacial score (nSPS) is 13.4. The molecule has 1 aliphatic heterocycles. The number of ether oxygens (including phenoxy) is 1. The summed E-state index contributed by atoms with van der Waals surface area (Å²) in [6, 6.07) is 14.0. The molecule has 8 nitrogen and oxygen atoms in total. The van der Waals surface area contributed by atoms with Crippen molar-refractivity contribution >= 4 is 34.4 Å². The lowest BCUT2D eigenvalue weighted by Gasteiger charge is -2.16. The average molecular weight is 465 g/mol. The Labute approximate surface area is 192 Å². The van der Waals surface area contributed by atoms with Gasteiger partial charge in [0.1, 0.15) is 23.1 Å². The molecule has 0 spiro atoms. The molecule has 0 saturated heterocycles. The molecule has 0 unspecified atom stereocenters. The zero-order valence-electron chi connectivity index (χ0n) is 17.7. The Kier molecular flexibility index (Phi) is 6.05. The lowest BCUT2D eigenvalue weighted by atomic mass is 10.0. The molecule has 1 N–H and O–H groups in total. The Bertz CT molecular complexity index is 1320. The number of benzene rings is 3. The number of amides is 2. The Morgan fingerprint density at radius 1 is 0.971 bits per heavy atom. The molecule has 0 bridgehead atoms. The minimum absolute atomic E-state index is 0.141. The third kappa shape index (κ3) is 4.20. The van der Waals surface area contributed by atoms with Crippen LogP contribution >= 0.6 is 0 Å². The van der Waals surface area contributed by atoms with E-state index in [1.54, 1.807) is 24.3 Å². The van der Waals surface area contributed by atoms with Crippen LogP contribution in [0.1, 0.15) is 12.5 Å². The van der Waals surface area contributed by atoms with E-state index in [9.17, 15) is 28.5 Å². The minimum atomic E-state index is -0.964. The van der Waals surface area contributed by atoms with E-state index in [-0.39, 0.29) is 22.5 Å². The third-order valence-electron chi connectivity index (χ3n) is 5.03. The summed E-state index contributed by atoms with van der Waals surface area (Å²) < 4.78 is 33.7. The number of carbonyl (C=O) groups excluding carboxylic acids is 2. The molecular weight excluding hydrogens is 448 g/mol. The molecule has 2 amide bonds. The van der Waals surface area contributed by atoms with Gasteiger partial charge < -0.3 is 10.1 Å². The second-order valence-electron chi connectivity index (χ2n) is 7.18. The number of nitro groups is 1. The van der Waals surface area contributed by atoms with Crippen LogP contribution in [-0.2, 0) is 9.59 Å². The molecule has 0 fully saturated rings. The standard InChI is InChI=1S/C24H17F2N3O5/c1-2-34-18-10-6-16(7-11-18)27-22-21(14-3-8-17(9-4-14)29(32)33)23(30)28(24(22)31)20-13-15(25)5-12-19(20)26/h3-13,27H,2H2,1H3. The van der Waals surface area contributed by atoms with E-state index in [1.807, 2.05) is 6.92 Å². The Hall–Kier alpha value is -4.60. The van der Waals surface area contributed by atoms with Gasteiger partial charge in [0, 0.05) is 23.9 Å². The van der Waals surface area contributed by atoms with Gasteiger partial charge >= 0.3 is 0 Å². The molecule has 34 heavy (non-hydrogen) atoms. The first-order valence-electron chi connectivity index (χ1n) is 10.1. The number of non-ortho nitro benzene ring substituents is 1. The quantitative estimate of drug-likeness (QED) is 0.309. The van der Waals surface area contributed by atoms with Gasteiger partial charge in [0.15, 0.2) is 0 Å². The van der Waals surface area contributed by atoms with Gasteiger partial charge in [-0.2, -0.15) is 0 Å². The molecule has 1 aliphatic rings. The Morgan fingerprint density at radius 2 is 1.65 bits per heavy atom. The molecule has 3 aromatic carbocycles. The summed E-state index contributed by atoms with van der Waals surface area (Å²) in [6.45, 7) is 2.29. The van der Waals surface area contributed by atoms with E-state index in [0.29, 0.717) is 22.9 Å². The number of carbonyl (C=O) groups is 2. The predicted octanol–water partition coefficient (Wildman–Crippen LogP) is 4.67. The maximum Gasteiger partial charge on any atom is 0.282 e. The van der Waals surface area contributed by atoms with Gasteiger partial charge in [0.25, 0.3) is 17.5 Å². The molecule has 10 heteroatoms. The smallest absolute Gasteiger partial charge is 0.282 e. The number of hydrogen-bond acceptors (Lipinski definition) is 6. The van der Waals surface area contributed by atoms with Crippen LogP contribution in [0.5, 0.6) is 5.75 Å². The zero-order valence-corrected chi connectivity index (χ0v) is 17.7. The predicted molar refractivity (Wildman–Crippen MR) is 120 cm³/mol. The van der Waals surface area contributed by atoms with Gasteiger partial charge in [0.2, 0.25) is 0 Å². The number of nitrogens with zero attached hydrogens (tertiary/aromatic N) is 2. The first-order valence-corrected chi connectivity index (χ1v) is 10.1. The van der Waals surface area contributed by atoms with Crippen LogP contribution in [0.15, 0.2) is 72.4 Å². The highest BCUT2D eigenvalue weighted by atomic mass is 19.1. The molecular formula is C24H17F2N3O5. The fraction of sp³-hybridized carbons (Fsp3) is 0.0833. The fourth-order valence-electron chi connectivity index (χ4n) is 3.48. The van der Waals surface area contributed by atoms with E-state index in [1.165, 1.54) is 24.3 Å². The molecule has 0 saturated carbocycles. The van der Waals surface area contributed by atoms with Crippen molar-refractivity contribution in [3.8, 4) is 5.75 Å². The lowest BCUT2D eigenvalue weighted by molar-refractivity contribution is -0.384. The maximum atomic E-state index is 14.5. The number of nitro benzene ring substituents is 1. The summed E-state index contributed by atoms with van der Waals surface area (Å²) in [5.74, 6) is -3.02. The van der Waals surface area contributed by atoms with Crippen molar-refractivity contribution in [2.75, 3.05) is 16.8 Å². The average Bonchev–Trinajstić information content (AvgIpc) is 3.06. The molecule has 1 heterocycles. The SMILES string of the molecule is CCOc1ccc(NC2=C(c3ccc([N+](=O)[O-])cc3)C(=O)N(c3cc(F)ccc3F)C2=O)cc1. The maximum absolute atomic E-state index is 14.5. The monoisotopic (exact) mass is 465 g/mol. The Balaban J connectivity index is 1.80. The molecule has 3 aromatic rings. The summed E-state index contributed by atoms with van der Waals surface area (Å²) >= 11 is 0. The number of anilines is 2. The van der Waals surface area contributed by atoms with Gasteiger partial charge in [-0.25, -0.2) is 13.7 Å². The molecule has 0 radical (unpaired) electrons. The summed E-state index contributed by atoms with van der Waals surface area (Å²) in [6.07, 6.45) is 0. The van der Waals surface area contributed by atoms with Gasteiger partial charge in [-0.1, -0.05) is 0 Å². The number of hydrogen-bond donors (Lipinski definition) is 1. The topological polar surface area (TPSA) is 102 Å². The van der Waals surface area contributed by atoms with Gasteiger partial charge in [-0.15, -0.1) is 0 Å². The second-order valence-corrected chi connectivity index (χ2v) is 7.18. The van der Waals surface area contributed by atoms with Crippen LogP contribution in [0.4, 0.5) is 25.8 Å². The molecule has 0 aromatic heterocycles. The highest BCUT2D eigenvalue weighted by Crippen LogP contribution is 2.35. The van der Waals surface area contributed by atoms with Crippen molar-refractivity contribution in [2.45, 2.75) is 6.92 Å². The van der Waals surface area contributed by atoms with Crippen molar-refractivity contribution in [2.24, 2.45) is 0 Å². The van der Waals surface area contributed by atoms with Crippen LogP contribution < -0.4 is 15.0 Å². The lowest BCUT2D eigenvalue weighted by Crippen LogP contribution is -2.33. The first kappa shape index (κ1) is 22.6. The van der Waals surface area contributed by atoms with E-state index >= 15 is 0 Å². The highest BCUT2D eigenvalue weighted by molar-refractivity contribution is 6.46. The summed E-state index contributed by atoms with van der Waals surface area (Å²) in [4.78, 5) is 37.5. The van der Waals surface area contributed by atoms with E-state index in [2.05, 4.69) is 5.32 Å². The van der Waals surface area contributed by atoms with Crippen molar-refractivity contribution in [3.05, 3.63) is 99.7 Å². The van der Waals surface area contributed by atoms with E-state index < -0.39 is 34.1 Å². The summed E-state index contributed by atoms with van der Waals surface area (Å²) in [5.41, 5.74) is -0.463. The highest BCUT2D eigenvalue weighted by Gasteiger charge is 2.41. The second kappa shape index (κ2) is 9.10. The number of rotatable bonds is 7. The largest absolute Gasteiger partial charge is 0.494 e. The van der Waals surface area contributed by atoms with Gasteiger partial charge in [0.05, 0.1) is 22.8 Å². The molecule has 172 valence electrons. The van der Waals surface area contributed by atoms with E-state index in [0.717, 1.165) is 18.2 Å². The molecule has 0 aliphatic carbocycles. The summed E-state index contributed by atoms with van der Waals surface area (Å²) in [7, 11) is 0. The van der Waals surface area contributed by atoms with Crippen molar-refractivity contribution < 1.29 is 28.0 Å². The van der Waals surface area contributed by atoms with Crippen molar-refractivity contribution in [1.82, 2.24) is 0 Å². The van der Waals surface area contributed by atoms with Gasteiger partial charge in [-0.05, 0) is 61.0 Å². The molecule has 0 atom stereocenters. The number of imide groups is 1. The minimum Gasteiger partial charge on any atom is -0.494 e. The number of halogens is 2. The van der Waals surface area contributed by atoms with Crippen LogP contribution in [0, 0.1) is 21.7 Å². The van der Waals surface area contributed by atoms with Crippen LogP contribution in [0.2, 0.25) is 0 Å². The van der Waals surface area contributed by atoms with Crippen LogP contribution in [-0.4, -0.2) is 23.3 Å². The summed E-state index contributed by atoms with van der Waals surface area (Å²) in [5, 5.41) is 13.9. The van der Waals surface area contributed by atoms with Crippen LogP contribution in [0.3, 0.4) is 0 Å². The Morgan fingerprint density at radius 3 is 2.26 bits per heavy atom. The van der Waals surface area contributed by atoms with Crippen molar-refractivity contribution in [3.63, 3.8) is 0 Å². The third-order valence-corrected chi connectivity index (χ3v) is 5.03.